The van der Waals surface area contributed by atoms with Crippen LogP contribution in [0.2, 0.25) is 0 Å². The van der Waals surface area contributed by atoms with Crippen LogP contribution in [0.3, 0.4) is 0 Å². The van der Waals surface area contributed by atoms with Crippen molar-refractivity contribution in [3.63, 3.8) is 0 Å². The van der Waals surface area contributed by atoms with Gasteiger partial charge in [-0.25, -0.2) is 4.98 Å². The van der Waals surface area contributed by atoms with Gasteiger partial charge in [-0.1, -0.05) is 0 Å². The maximum atomic E-state index is 5.98. The molecule has 0 bridgehead atoms. The zero-order valence-corrected chi connectivity index (χ0v) is 10.4. The van der Waals surface area contributed by atoms with Crippen molar-refractivity contribution in [1.29, 1.82) is 0 Å². The Bertz CT molecular complexity index is 288. The van der Waals surface area contributed by atoms with Gasteiger partial charge in [-0.05, 0) is 20.5 Å². The molecule has 86 valence electrons. The van der Waals surface area contributed by atoms with Crippen LogP contribution in [0.25, 0.3) is 0 Å². The van der Waals surface area contributed by atoms with Gasteiger partial charge in [0.25, 0.3) is 0 Å². The maximum absolute atomic E-state index is 5.98. The normalized spacial score (nSPS) is 13.4. The molecule has 1 aromatic heterocycles. The molecule has 15 heavy (non-hydrogen) atoms. The van der Waals surface area contributed by atoms with Gasteiger partial charge in [-0.3, -0.25) is 0 Å². The van der Waals surface area contributed by atoms with E-state index in [1.54, 1.807) is 18.4 Å². The smallest absolute Gasteiger partial charge is 0.107 e. The predicted molar refractivity (Wildman–Crippen MR) is 62.9 cm³/mol. The highest BCUT2D eigenvalue weighted by Crippen LogP contribution is 2.18. The summed E-state index contributed by atoms with van der Waals surface area (Å²) in [5.41, 5.74) is 6.96. The topological polar surface area (TPSA) is 51.4 Å². The molecular formula is C10H19N3OS. The SMILES string of the molecule is COCCC(N)c1csc(CN(C)C)n1. The summed E-state index contributed by atoms with van der Waals surface area (Å²) in [5.74, 6) is 0. The van der Waals surface area contributed by atoms with Crippen LogP contribution in [0.15, 0.2) is 5.38 Å². The predicted octanol–water partition coefficient (Wildman–Crippen LogP) is 1.24. The van der Waals surface area contributed by atoms with E-state index in [1.807, 2.05) is 19.5 Å². The first-order chi connectivity index (χ1) is 7.13. The van der Waals surface area contributed by atoms with Crippen molar-refractivity contribution in [2.24, 2.45) is 5.73 Å². The van der Waals surface area contributed by atoms with E-state index in [-0.39, 0.29) is 6.04 Å². The van der Waals surface area contributed by atoms with E-state index in [0.717, 1.165) is 23.7 Å². The molecule has 0 spiro atoms. The first-order valence-corrected chi connectivity index (χ1v) is 5.85. The minimum atomic E-state index is -0.00267. The molecule has 0 aromatic carbocycles. The largest absolute Gasteiger partial charge is 0.385 e. The molecule has 0 amide bonds. The van der Waals surface area contributed by atoms with Crippen molar-refractivity contribution in [2.45, 2.75) is 19.0 Å². The number of nitrogens with two attached hydrogens (primary N) is 1. The quantitative estimate of drug-likeness (QED) is 0.797. The highest BCUT2D eigenvalue weighted by Gasteiger charge is 2.10. The molecule has 0 aliphatic carbocycles. The summed E-state index contributed by atoms with van der Waals surface area (Å²) in [6, 6.07) is -0.00267. The number of ether oxygens (including phenoxy) is 1. The molecule has 0 saturated heterocycles. The van der Waals surface area contributed by atoms with Gasteiger partial charge in [0.05, 0.1) is 11.7 Å². The second-order valence-electron chi connectivity index (χ2n) is 3.79. The summed E-state index contributed by atoms with van der Waals surface area (Å²) in [4.78, 5) is 6.60. The van der Waals surface area contributed by atoms with E-state index in [9.17, 15) is 0 Å². The van der Waals surface area contributed by atoms with E-state index in [0.29, 0.717) is 6.61 Å². The Morgan fingerprint density at radius 3 is 2.93 bits per heavy atom. The van der Waals surface area contributed by atoms with E-state index < -0.39 is 0 Å². The van der Waals surface area contributed by atoms with Crippen molar-refractivity contribution in [3.8, 4) is 0 Å². The first-order valence-electron chi connectivity index (χ1n) is 4.97. The van der Waals surface area contributed by atoms with E-state index in [1.165, 1.54) is 0 Å². The summed E-state index contributed by atoms with van der Waals surface area (Å²) in [5, 5.41) is 3.15. The fourth-order valence-corrected chi connectivity index (χ4v) is 2.21. The lowest BCUT2D eigenvalue weighted by molar-refractivity contribution is 0.187. The van der Waals surface area contributed by atoms with E-state index in [4.69, 9.17) is 10.5 Å². The summed E-state index contributed by atoms with van der Waals surface area (Å²) in [6.45, 7) is 1.56. The molecule has 5 heteroatoms. The zero-order valence-electron chi connectivity index (χ0n) is 9.56. The number of methoxy groups -OCH3 is 1. The Kier molecular flexibility index (Phi) is 5.17. The number of aromatic nitrogens is 1. The third kappa shape index (κ3) is 4.25. The summed E-state index contributed by atoms with van der Waals surface area (Å²) in [7, 11) is 5.75. The minimum absolute atomic E-state index is 0.00267. The molecule has 2 N–H and O–H groups in total. The molecule has 1 unspecified atom stereocenters. The van der Waals surface area contributed by atoms with Gasteiger partial charge in [0.1, 0.15) is 5.01 Å². The Labute approximate surface area is 95.1 Å². The molecular weight excluding hydrogens is 210 g/mol. The lowest BCUT2D eigenvalue weighted by atomic mass is 10.2. The van der Waals surface area contributed by atoms with Gasteiger partial charge in [0.15, 0.2) is 0 Å². The number of nitrogens with zero attached hydrogens (tertiary/aromatic N) is 2. The molecule has 0 fully saturated rings. The molecule has 4 nitrogen and oxygen atoms in total. The summed E-state index contributed by atoms with van der Waals surface area (Å²) >= 11 is 1.67. The number of thiazole rings is 1. The molecule has 1 heterocycles. The van der Waals surface area contributed by atoms with Crippen molar-refractivity contribution < 1.29 is 4.74 Å². The molecule has 1 atom stereocenters. The molecule has 0 aliphatic rings. The lowest BCUT2D eigenvalue weighted by Gasteiger charge is -2.08. The second kappa shape index (κ2) is 6.17. The average Bonchev–Trinajstić information content (AvgIpc) is 2.61. The van der Waals surface area contributed by atoms with E-state index in [2.05, 4.69) is 9.88 Å². The highest BCUT2D eigenvalue weighted by atomic mass is 32.1. The van der Waals surface area contributed by atoms with Crippen molar-refractivity contribution in [3.05, 3.63) is 16.1 Å². The third-order valence-corrected chi connectivity index (χ3v) is 2.89. The highest BCUT2D eigenvalue weighted by molar-refractivity contribution is 7.09. The van der Waals surface area contributed by atoms with Crippen LogP contribution in [0.5, 0.6) is 0 Å². The van der Waals surface area contributed by atoms with Gasteiger partial charge in [0, 0.05) is 25.6 Å². The Balaban J connectivity index is 2.51. The maximum Gasteiger partial charge on any atom is 0.107 e. The van der Waals surface area contributed by atoms with E-state index >= 15 is 0 Å². The monoisotopic (exact) mass is 229 g/mol. The van der Waals surface area contributed by atoms with Crippen LogP contribution in [0.1, 0.15) is 23.2 Å². The van der Waals surface area contributed by atoms with Crippen LogP contribution >= 0.6 is 11.3 Å². The van der Waals surface area contributed by atoms with Crippen molar-refractivity contribution in [1.82, 2.24) is 9.88 Å². The molecule has 1 rings (SSSR count). The van der Waals surface area contributed by atoms with Crippen molar-refractivity contribution >= 4 is 11.3 Å². The molecule has 0 radical (unpaired) electrons. The molecule has 0 aliphatic heterocycles. The number of rotatable bonds is 6. The van der Waals surface area contributed by atoms with Gasteiger partial charge >= 0.3 is 0 Å². The molecule has 1 aromatic rings. The van der Waals surface area contributed by atoms with Crippen molar-refractivity contribution in [2.75, 3.05) is 27.8 Å². The second-order valence-corrected chi connectivity index (χ2v) is 4.73. The number of hydrogen-bond acceptors (Lipinski definition) is 5. The summed E-state index contributed by atoms with van der Waals surface area (Å²) < 4.78 is 4.99. The standard InChI is InChI=1S/C10H19N3OS/c1-13(2)6-10-12-9(7-15-10)8(11)4-5-14-3/h7-8H,4-6,11H2,1-3H3. The third-order valence-electron chi connectivity index (χ3n) is 2.03. The fourth-order valence-electron chi connectivity index (χ4n) is 1.23. The Hall–Kier alpha value is -0.490. The average molecular weight is 229 g/mol. The minimum Gasteiger partial charge on any atom is -0.385 e. The lowest BCUT2D eigenvalue weighted by Crippen LogP contribution is -2.14. The van der Waals surface area contributed by atoms with Gasteiger partial charge in [0.2, 0.25) is 0 Å². The van der Waals surface area contributed by atoms with Gasteiger partial charge in [-0.15, -0.1) is 11.3 Å². The van der Waals surface area contributed by atoms with Crippen LogP contribution in [0, 0.1) is 0 Å². The van der Waals surface area contributed by atoms with Crippen LogP contribution in [-0.4, -0.2) is 37.7 Å². The van der Waals surface area contributed by atoms with Crippen LogP contribution in [-0.2, 0) is 11.3 Å². The van der Waals surface area contributed by atoms with Crippen LogP contribution < -0.4 is 5.73 Å². The van der Waals surface area contributed by atoms with Crippen LogP contribution in [0.4, 0.5) is 0 Å². The fraction of sp³-hybridized carbons (Fsp3) is 0.700. The summed E-state index contributed by atoms with van der Waals surface area (Å²) in [6.07, 6.45) is 0.821. The van der Waals surface area contributed by atoms with Gasteiger partial charge in [-0.2, -0.15) is 0 Å². The number of hydrogen-bond donors (Lipinski definition) is 1. The Morgan fingerprint density at radius 2 is 2.33 bits per heavy atom. The Morgan fingerprint density at radius 1 is 1.60 bits per heavy atom. The molecule has 0 saturated carbocycles. The zero-order chi connectivity index (χ0) is 11.3. The first kappa shape index (κ1) is 12.6. The van der Waals surface area contributed by atoms with Gasteiger partial charge < -0.3 is 15.4 Å².